The van der Waals surface area contributed by atoms with Crippen molar-refractivity contribution >= 4 is 33.2 Å². The molecule has 2 aromatic rings. The van der Waals surface area contributed by atoms with Crippen LogP contribution in [0.25, 0.3) is 0 Å². The summed E-state index contributed by atoms with van der Waals surface area (Å²) >= 11 is 4.73. The maximum atomic E-state index is 11.5. The van der Waals surface area contributed by atoms with E-state index in [9.17, 15) is 4.79 Å². The average molecular weight is 285 g/mol. The Kier molecular flexibility index (Phi) is 3.08. The molecule has 2 rings (SSSR count). The van der Waals surface area contributed by atoms with Crippen molar-refractivity contribution in [2.45, 2.75) is 0 Å². The zero-order valence-corrected chi connectivity index (χ0v) is 9.79. The maximum absolute atomic E-state index is 11.5. The Morgan fingerprint density at radius 3 is 3.00 bits per heavy atom. The molecule has 0 aliphatic carbocycles. The third-order valence-electron chi connectivity index (χ3n) is 1.55. The molecule has 0 aromatic carbocycles. The molecule has 0 bridgehead atoms. The third-order valence-corrected chi connectivity index (χ3v) is 3.03. The Bertz CT molecular complexity index is 472. The second kappa shape index (κ2) is 4.50. The second-order valence-corrected chi connectivity index (χ2v) is 4.86. The molecule has 15 heavy (non-hydrogen) atoms. The van der Waals surface area contributed by atoms with Crippen LogP contribution >= 0.6 is 27.3 Å². The van der Waals surface area contributed by atoms with E-state index in [1.165, 1.54) is 29.9 Å². The van der Waals surface area contributed by atoms with Crippen LogP contribution in [0.1, 0.15) is 10.5 Å². The number of ether oxygens (including phenoxy) is 1. The predicted octanol–water partition coefficient (Wildman–Crippen LogP) is 2.52. The van der Waals surface area contributed by atoms with Gasteiger partial charge >= 0.3 is 5.97 Å². The number of aromatic nitrogens is 2. The summed E-state index contributed by atoms with van der Waals surface area (Å²) < 4.78 is 5.98. The molecule has 0 atom stereocenters. The number of halogens is 1. The highest BCUT2D eigenvalue weighted by atomic mass is 79.9. The first kappa shape index (κ1) is 10.3. The fourth-order valence-electron chi connectivity index (χ4n) is 0.919. The molecule has 2 aromatic heterocycles. The normalized spacial score (nSPS) is 9.93. The maximum Gasteiger partial charge on any atom is 0.362 e. The molecule has 0 saturated heterocycles. The Balaban J connectivity index is 2.11. The van der Waals surface area contributed by atoms with E-state index in [2.05, 4.69) is 25.9 Å². The number of carbonyl (C=O) groups is 1. The Hall–Kier alpha value is -1.27. The van der Waals surface area contributed by atoms with Crippen molar-refractivity contribution < 1.29 is 9.53 Å². The van der Waals surface area contributed by atoms with Gasteiger partial charge in [-0.15, -0.1) is 11.3 Å². The van der Waals surface area contributed by atoms with Gasteiger partial charge in [-0.25, -0.2) is 14.8 Å². The molecule has 0 amide bonds. The monoisotopic (exact) mass is 284 g/mol. The summed E-state index contributed by atoms with van der Waals surface area (Å²) in [5.74, 6) is 0.0261. The van der Waals surface area contributed by atoms with E-state index < -0.39 is 5.97 Å². The van der Waals surface area contributed by atoms with Gasteiger partial charge in [0.25, 0.3) is 0 Å². The minimum Gasteiger partial charge on any atom is -0.421 e. The molecule has 6 heteroatoms. The lowest BCUT2D eigenvalue weighted by molar-refractivity contribution is 0.0729. The van der Waals surface area contributed by atoms with E-state index in [0.717, 1.165) is 3.79 Å². The van der Waals surface area contributed by atoms with E-state index in [1.807, 2.05) is 0 Å². The molecule has 0 saturated carbocycles. The van der Waals surface area contributed by atoms with E-state index in [1.54, 1.807) is 11.4 Å². The summed E-state index contributed by atoms with van der Waals surface area (Å²) in [6.45, 7) is 0. The summed E-state index contributed by atoms with van der Waals surface area (Å²) in [6.07, 6.45) is 2.80. The molecule has 0 radical (unpaired) electrons. The summed E-state index contributed by atoms with van der Waals surface area (Å²) in [7, 11) is 0. The van der Waals surface area contributed by atoms with Gasteiger partial charge in [0.2, 0.25) is 0 Å². The van der Waals surface area contributed by atoms with E-state index >= 15 is 0 Å². The molecule has 4 nitrogen and oxygen atoms in total. The number of hydrogen-bond acceptors (Lipinski definition) is 5. The summed E-state index contributed by atoms with van der Waals surface area (Å²) in [6, 6.07) is 3.23. The van der Waals surface area contributed by atoms with Crippen LogP contribution < -0.4 is 4.74 Å². The molecular weight excluding hydrogens is 280 g/mol. The summed E-state index contributed by atoms with van der Waals surface area (Å²) in [4.78, 5) is 19.0. The van der Waals surface area contributed by atoms with Crippen LogP contribution in [-0.2, 0) is 0 Å². The van der Waals surface area contributed by atoms with Gasteiger partial charge in [-0.3, -0.25) is 0 Å². The van der Waals surface area contributed by atoms with Crippen LogP contribution in [-0.4, -0.2) is 15.9 Å². The van der Waals surface area contributed by atoms with Gasteiger partial charge in [0.15, 0.2) is 5.69 Å². The van der Waals surface area contributed by atoms with E-state index in [4.69, 9.17) is 4.74 Å². The van der Waals surface area contributed by atoms with Crippen LogP contribution in [0.4, 0.5) is 0 Å². The quantitative estimate of drug-likeness (QED) is 0.796. The first-order valence-electron chi connectivity index (χ1n) is 3.98. The van der Waals surface area contributed by atoms with Gasteiger partial charge < -0.3 is 4.74 Å². The highest BCUT2D eigenvalue weighted by Crippen LogP contribution is 2.26. The highest BCUT2D eigenvalue weighted by Gasteiger charge is 2.10. The summed E-state index contributed by atoms with van der Waals surface area (Å²) in [5, 5.41) is 1.74. The minimum atomic E-state index is -0.484. The second-order valence-electron chi connectivity index (χ2n) is 2.57. The SMILES string of the molecule is O=C(Oc1csc(Br)c1)c1ccncn1. The van der Waals surface area contributed by atoms with Crippen molar-refractivity contribution in [3.8, 4) is 5.75 Å². The minimum absolute atomic E-state index is 0.243. The first-order valence-corrected chi connectivity index (χ1v) is 5.65. The average Bonchev–Trinajstić information content (AvgIpc) is 2.65. The number of esters is 1. The molecule has 0 N–H and O–H groups in total. The topological polar surface area (TPSA) is 52.1 Å². The van der Waals surface area contributed by atoms with Crippen LogP contribution in [0, 0.1) is 0 Å². The molecule has 0 aliphatic heterocycles. The fraction of sp³-hybridized carbons (Fsp3) is 0. The zero-order valence-electron chi connectivity index (χ0n) is 7.38. The number of hydrogen-bond donors (Lipinski definition) is 0. The lowest BCUT2D eigenvalue weighted by Gasteiger charge is -1.99. The van der Waals surface area contributed by atoms with Gasteiger partial charge in [-0.1, -0.05) is 0 Å². The zero-order chi connectivity index (χ0) is 10.7. The smallest absolute Gasteiger partial charge is 0.362 e. The van der Waals surface area contributed by atoms with E-state index in [0.29, 0.717) is 5.75 Å². The largest absolute Gasteiger partial charge is 0.421 e. The van der Waals surface area contributed by atoms with Crippen LogP contribution in [0.5, 0.6) is 5.75 Å². The molecule has 0 aliphatic rings. The number of carbonyl (C=O) groups excluding carboxylic acids is 1. The van der Waals surface area contributed by atoms with Gasteiger partial charge in [0.05, 0.1) is 3.79 Å². The van der Waals surface area contributed by atoms with Crippen LogP contribution in [0.15, 0.2) is 33.8 Å². The molecule has 2 heterocycles. The van der Waals surface area contributed by atoms with Gasteiger partial charge in [-0.2, -0.15) is 0 Å². The van der Waals surface area contributed by atoms with Crippen molar-refractivity contribution in [2.75, 3.05) is 0 Å². The van der Waals surface area contributed by atoms with Crippen molar-refractivity contribution in [1.82, 2.24) is 9.97 Å². The van der Waals surface area contributed by atoms with Gasteiger partial charge in [0.1, 0.15) is 12.1 Å². The van der Waals surface area contributed by atoms with Crippen molar-refractivity contribution in [1.29, 1.82) is 0 Å². The number of nitrogens with zero attached hydrogens (tertiary/aromatic N) is 2. The molecule has 76 valence electrons. The van der Waals surface area contributed by atoms with Crippen molar-refractivity contribution in [2.24, 2.45) is 0 Å². The third kappa shape index (κ3) is 2.60. The van der Waals surface area contributed by atoms with Gasteiger partial charge in [-0.05, 0) is 22.0 Å². The van der Waals surface area contributed by atoms with E-state index in [-0.39, 0.29) is 5.69 Å². The lowest BCUT2D eigenvalue weighted by atomic mass is 10.4. The van der Waals surface area contributed by atoms with Crippen molar-refractivity contribution in [3.05, 3.63) is 39.5 Å². The van der Waals surface area contributed by atoms with Crippen molar-refractivity contribution in [3.63, 3.8) is 0 Å². The molecular formula is C9H5BrN2O2S. The Morgan fingerprint density at radius 1 is 1.53 bits per heavy atom. The van der Waals surface area contributed by atoms with Crippen LogP contribution in [0.2, 0.25) is 0 Å². The highest BCUT2D eigenvalue weighted by molar-refractivity contribution is 9.11. The predicted molar refractivity (Wildman–Crippen MR) is 59.0 cm³/mol. The molecule has 0 spiro atoms. The Labute approximate surface area is 98.1 Å². The number of thiophene rings is 1. The van der Waals surface area contributed by atoms with Gasteiger partial charge in [0, 0.05) is 17.6 Å². The lowest BCUT2D eigenvalue weighted by Crippen LogP contribution is -2.09. The first-order chi connectivity index (χ1) is 7.25. The fourth-order valence-corrected chi connectivity index (χ4v) is 1.95. The Morgan fingerprint density at radius 2 is 2.40 bits per heavy atom. The van der Waals surface area contributed by atoms with Crippen LogP contribution in [0.3, 0.4) is 0 Å². The number of rotatable bonds is 2. The molecule has 0 unspecified atom stereocenters. The summed E-state index contributed by atoms with van der Waals surface area (Å²) in [5.41, 5.74) is 0.243. The standard InChI is InChI=1S/C9H5BrN2O2S/c10-8-3-6(4-15-8)14-9(13)7-1-2-11-5-12-7/h1-5H. The molecule has 0 fully saturated rings.